The van der Waals surface area contributed by atoms with E-state index < -0.39 is 0 Å². The molecular formula is C22H32O2. The van der Waals surface area contributed by atoms with Gasteiger partial charge < -0.3 is 9.84 Å². The summed E-state index contributed by atoms with van der Waals surface area (Å²) in [5.74, 6) is 1.22. The number of para-hydroxylation sites is 1. The third-order valence-electron chi connectivity index (χ3n) is 4.14. The van der Waals surface area contributed by atoms with Gasteiger partial charge in [0.05, 0.1) is 6.61 Å². The van der Waals surface area contributed by atoms with Gasteiger partial charge in [0.1, 0.15) is 11.5 Å². The normalized spacial score (nSPS) is 10.7. The Kier molecular flexibility index (Phi) is 8.39. The largest absolute Gasteiger partial charge is 0.508 e. The molecule has 0 heterocycles. The molecule has 0 saturated carbocycles. The van der Waals surface area contributed by atoms with Crippen molar-refractivity contribution in [2.45, 2.75) is 59.3 Å². The van der Waals surface area contributed by atoms with Gasteiger partial charge in [-0.05, 0) is 41.2 Å². The summed E-state index contributed by atoms with van der Waals surface area (Å²) >= 11 is 0. The molecule has 0 radical (unpaired) electrons. The minimum atomic E-state index is 0.211. The van der Waals surface area contributed by atoms with Crippen molar-refractivity contribution in [3.8, 4) is 11.5 Å². The summed E-state index contributed by atoms with van der Waals surface area (Å²) in [5.41, 5.74) is 2.48. The van der Waals surface area contributed by atoms with Gasteiger partial charge in [0, 0.05) is 6.42 Å². The van der Waals surface area contributed by atoms with E-state index in [0.717, 1.165) is 11.3 Å². The topological polar surface area (TPSA) is 29.5 Å². The molecule has 132 valence electrons. The maximum absolute atomic E-state index is 9.73. The molecule has 0 aliphatic heterocycles. The summed E-state index contributed by atoms with van der Waals surface area (Å²) in [4.78, 5) is 0. The molecule has 0 aliphatic rings. The van der Waals surface area contributed by atoms with Crippen molar-refractivity contribution in [3.05, 3.63) is 59.7 Å². The highest BCUT2D eigenvalue weighted by molar-refractivity contribution is 5.33. The number of rotatable bonds is 7. The smallest absolute Gasteiger partial charge is 0.119 e. The molecule has 0 unspecified atom stereocenters. The zero-order chi connectivity index (χ0) is 18.0. The molecule has 2 aromatic carbocycles. The number of hydrogen-bond donors (Lipinski definition) is 1. The molecule has 24 heavy (non-hydrogen) atoms. The van der Waals surface area contributed by atoms with E-state index in [1.807, 2.05) is 44.2 Å². The number of ether oxygens (including phenoxy) is 1. The molecule has 2 aromatic rings. The SMILES string of the molecule is CC.CCCC(C)(C)c1ccc(OCCc2ccccc2O)cc1. The monoisotopic (exact) mass is 328 g/mol. The molecule has 0 fully saturated rings. The highest BCUT2D eigenvalue weighted by Gasteiger charge is 2.18. The van der Waals surface area contributed by atoms with E-state index in [1.54, 1.807) is 6.07 Å². The van der Waals surface area contributed by atoms with Gasteiger partial charge in [-0.3, -0.25) is 0 Å². The summed E-state index contributed by atoms with van der Waals surface area (Å²) in [6.45, 7) is 11.3. The molecule has 0 saturated heterocycles. The average Bonchev–Trinajstić information content (AvgIpc) is 2.59. The Morgan fingerprint density at radius 3 is 2.17 bits per heavy atom. The zero-order valence-corrected chi connectivity index (χ0v) is 15.8. The molecule has 2 heteroatoms. The van der Waals surface area contributed by atoms with Gasteiger partial charge >= 0.3 is 0 Å². The van der Waals surface area contributed by atoms with Gasteiger partial charge in [-0.15, -0.1) is 0 Å². The average molecular weight is 328 g/mol. The van der Waals surface area contributed by atoms with Crippen LogP contribution in [0.1, 0.15) is 58.6 Å². The predicted molar refractivity (Wildman–Crippen MR) is 103 cm³/mol. The second-order valence-corrected chi connectivity index (χ2v) is 6.39. The van der Waals surface area contributed by atoms with Gasteiger partial charge in [-0.2, -0.15) is 0 Å². The number of benzene rings is 2. The van der Waals surface area contributed by atoms with Gasteiger partial charge in [-0.25, -0.2) is 0 Å². The first-order chi connectivity index (χ1) is 11.5. The minimum Gasteiger partial charge on any atom is -0.508 e. The number of phenols is 1. The van der Waals surface area contributed by atoms with Gasteiger partial charge in [0.15, 0.2) is 0 Å². The maximum atomic E-state index is 9.73. The van der Waals surface area contributed by atoms with Gasteiger partial charge in [0.2, 0.25) is 0 Å². The molecule has 0 bridgehead atoms. The van der Waals surface area contributed by atoms with Gasteiger partial charge in [-0.1, -0.05) is 71.4 Å². The maximum Gasteiger partial charge on any atom is 0.119 e. The lowest BCUT2D eigenvalue weighted by Crippen LogP contribution is -2.16. The predicted octanol–water partition coefficient (Wildman–Crippen LogP) is 6.12. The standard InChI is InChI=1S/C20H26O2.C2H6/c1-4-14-20(2,3)17-9-11-18(12-10-17)22-15-13-16-7-5-6-8-19(16)21;1-2/h5-12,21H,4,13-15H2,1-3H3;1-2H3. The fourth-order valence-corrected chi connectivity index (χ4v) is 2.77. The van der Waals surface area contributed by atoms with Crippen LogP contribution in [0.15, 0.2) is 48.5 Å². The third kappa shape index (κ3) is 5.92. The lowest BCUT2D eigenvalue weighted by Gasteiger charge is -2.24. The van der Waals surface area contributed by atoms with Crippen molar-refractivity contribution < 1.29 is 9.84 Å². The summed E-state index contributed by atoms with van der Waals surface area (Å²) in [5, 5.41) is 9.73. The van der Waals surface area contributed by atoms with Crippen LogP contribution in [-0.2, 0) is 11.8 Å². The third-order valence-corrected chi connectivity index (χ3v) is 4.14. The number of hydrogen-bond acceptors (Lipinski definition) is 2. The van der Waals surface area contributed by atoms with Crippen molar-refractivity contribution in [1.29, 1.82) is 0 Å². The van der Waals surface area contributed by atoms with Crippen molar-refractivity contribution >= 4 is 0 Å². The molecule has 0 aromatic heterocycles. The summed E-state index contributed by atoms with van der Waals surface area (Å²) in [7, 11) is 0. The van der Waals surface area contributed by atoms with E-state index >= 15 is 0 Å². The lowest BCUT2D eigenvalue weighted by molar-refractivity contribution is 0.319. The van der Waals surface area contributed by atoms with E-state index in [2.05, 4.69) is 32.9 Å². The van der Waals surface area contributed by atoms with E-state index in [-0.39, 0.29) is 5.41 Å². The Hall–Kier alpha value is -1.96. The van der Waals surface area contributed by atoms with Crippen molar-refractivity contribution in [2.24, 2.45) is 0 Å². The molecule has 0 amide bonds. The first kappa shape index (κ1) is 20.1. The van der Waals surface area contributed by atoms with Crippen LogP contribution in [0, 0.1) is 0 Å². The molecule has 0 atom stereocenters. The number of phenolic OH excluding ortho intramolecular Hbond substituents is 1. The van der Waals surface area contributed by atoms with E-state index in [9.17, 15) is 5.11 Å². The molecule has 1 N–H and O–H groups in total. The minimum absolute atomic E-state index is 0.211. The van der Waals surface area contributed by atoms with Crippen LogP contribution < -0.4 is 4.74 Å². The van der Waals surface area contributed by atoms with Crippen molar-refractivity contribution in [2.75, 3.05) is 6.61 Å². The summed E-state index contributed by atoms with van der Waals surface area (Å²) in [6.07, 6.45) is 3.07. The first-order valence-electron chi connectivity index (χ1n) is 9.03. The highest BCUT2D eigenvalue weighted by Crippen LogP contribution is 2.29. The summed E-state index contributed by atoms with van der Waals surface area (Å²) in [6, 6.07) is 15.8. The Morgan fingerprint density at radius 1 is 0.958 bits per heavy atom. The second-order valence-electron chi connectivity index (χ2n) is 6.39. The van der Waals surface area contributed by atoms with E-state index in [4.69, 9.17) is 4.74 Å². The Bertz CT molecular complexity index is 585. The molecule has 2 nitrogen and oxygen atoms in total. The van der Waals surface area contributed by atoms with Crippen molar-refractivity contribution in [3.63, 3.8) is 0 Å². The van der Waals surface area contributed by atoms with Crippen LogP contribution >= 0.6 is 0 Å². The fourth-order valence-electron chi connectivity index (χ4n) is 2.77. The fraction of sp³-hybridized carbons (Fsp3) is 0.455. The molecule has 0 aliphatic carbocycles. The van der Waals surface area contributed by atoms with Crippen LogP contribution in [0.4, 0.5) is 0 Å². The van der Waals surface area contributed by atoms with Crippen LogP contribution in [0.5, 0.6) is 11.5 Å². The zero-order valence-electron chi connectivity index (χ0n) is 15.8. The Balaban J connectivity index is 0.00000139. The van der Waals surface area contributed by atoms with Gasteiger partial charge in [0.25, 0.3) is 0 Å². The molecular weight excluding hydrogens is 296 g/mol. The highest BCUT2D eigenvalue weighted by atomic mass is 16.5. The van der Waals surface area contributed by atoms with Crippen LogP contribution in [0.2, 0.25) is 0 Å². The first-order valence-corrected chi connectivity index (χ1v) is 9.03. The summed E-state index contributed by atoms with van der Waals surface area (Å²) < 4.78 is 5.78. The van der Waals surface area contributed by atoms with E-state index in [1.165, 1.54) is 18.4 Å². The van der Waals surface area contributed by atoms with E-state index in [0.29, 0.717) is 18.8 Å². The molecule has 0 spiro atoms. The van der Waals surface area contributed by atoms with Crippen LogP contribution in [0.25, 0.3) is 0 Å². The Labute approximate surface area is 147 Å². The second kappa shape index (κ2) is 10.0. The van der Waals surface area contributed by atoms with Crippen molar-refractivity contribution in [1.82, 2.24) is 0 Å². The molecule has 2 rings (SSSR count). The lowest BCUT2D eigenvalue weighted by atomic mass is 9.81. The Morgan fingerprint density at radius 2 is 1.58 bits per heavy atom. The quantitative estimate of drug-likeness (QED) is 0.663. The number of aromatic hydroxyl groups is 1. The van der Waals surface area contributed by atoms with Crippen LogP contribution in [0.3, 0.4) is 0 Å². The van der Waals surface area contributed by atoms with Crippen LogP contribution in [-0.4, -0.2) is 11.7 Å².